The number of nitrogens with zero attached hydrogens (tertiary/aromatic N) is 4. The molecular weight excluding hydrogens is 304 g/mol. The summed E-state index contributed by atoms with van der Waals surface area (Å²) in [6.07, 6.45) is 4.79. The molecule has 3 aromatic rings. The van der Waals surface area contributed by atoms with Gasteiger partial charge in [0.1, 0.15) is 12.2 Å². The van der Waals surface area contributed by atoms with Crippen LogP contribution in [0.1, 0.15) is 19.2 Å². The van der Waals surface area contributed by atoms with Crippen LogP contribution in [0.4, 0.5) is 0 Å². The first kappa shape index (κ1) is 12.4. The van der Waals surface area contributed by atoms with Gasteiger partial charge < -0.3 is 4.57 Å². The average molecular weight is 319 g/mol. The monoisotopic (exact) mass is 318 g/mol. The smallest absolute Gasteiger partial charge is 0.146 e. The first-order chi connectivity index (χ1) is 9.29. The van der Waals surface area contributed by atoms with Crippen molar-refractivity contribution in [2.24, 2.45) is 0 Å². The average Bonchev–Trinajstić information content (AvgIpc) is 3.00. The van der Waals surface area contributed by atoms with Crippen LogP contribution in [-0.2, 0) is 13.1 Å². The summed E-state index contributed by atoms with van der Waals surface area (Å²) >= 11 is 3.58. The molecule has 5 heteroatoms. The minimum Gasteiger partial charge on any atom is -0.340 e. The van der Waals surface area contributed by atoms with Gasteiger partial charge in [-0.2, -0.15) is 5.10 Å². The third-order valence-electron chi connectivity index (χ3n) is 3.20. The van der Waals surface area contributed by atoms with Gasteiger partial charge in [-0.15, -0.1) is 0 Å². The van der Waals surface area contributed by atoms with E-state index in [1.165, 1.54) is 10.9 Å². The summed E-state index contributed by atoms with van der Waals surface area (Å²) in [5.41, 5.74) is 1.21. The van der Waals surface area contributed by atoms with Gasteiger partial charge in [0.15, 0.2) is 0 Å². The summed E-state index contributed by atoms with van der Waals surface area (Å²) in [7, 11) is 0. The molecular formula is C14H15BrN4. The molecule has 0 aliphatic rings. The molecule has 0 amide bonds. The lowest BCUT2D eigenvalue weighted by atomic mass is 10.2. The van der Waals surface area contributed by atoms with Gasteiger partial charge in [-0.1, -0.05) is 28.9 Å². The molecule has 0 radical (unpaired) electrons. The molecule has 0 bridgehead atoms. The number of rotatable bonds is 4. The zero-order chi connectivity index (χ0) is 13.2. The van der Waals surface area contributed by atoms with Crippen molar-refractivity contribution >= 4 is 26.8 Å². The summed E-state index contributed by atoms with van der Waals surface area (Å²) in [6, 6.07) is 8.37. The highest BCUT2D eigenvalue weighted by Crippen LogP contribution is 2.25. The molecule has 0 unspecified atom stereocenters. The molecule has 0 fully saturated rings. The number of aryl methyl sites for hydroxylation is 1. The molecule has 19 heavy (non-hydrogen) atoms. The van der Waals surface area contributed by atoms with Crippen LogP contribution in [0.15, 0.2) is 41.3 Å². The molecule has 4 nitrogen and oxygen atoms in total. The van der Waals surface area contributed by atoms with E-state index < -0.39 is 0 Å². The molecule has 0 saturated carbocycles. The van der Waals surface area contributed by atoms with Crippen molar-refractivity contribution in [1.29, 1.82) is 0 Å². The molecule has 2 heterocycles. The number of hydrogen-bond acceptors (Lipinski definition) is 2. The molecule has 0 spiro atoms. The number of fused-ring (bicyclic) bond motifs is 1. The van der Waals surface area contributed by atoms with Crippen LogP contribution in [0, 0.1) is 0 Å². The van der Waals surface area contributed by atoms with E-state index in [0.717, 1.165) is 29.8 Å². The second-order valence-electron chi connectivity index (χ2n) is 4.52. The normalized spacial score (nSPS) is 11.3. The van der Waals surface area contributed by atoms with Crippen molar-refractivity contribution < 1.29 is 0 Å². The summed E-state index contributed by atoms with van der Waals surface area (Å²) in [5, 5.41) is 5.49. The molecule has 1 aromatic carbocycles. The third-order valence-corrected chi connectivity index (χ3v) is 3.89. The fraction of sp³-hybridized carbons (Fsp3) is 0.286. The van der Waals surface area contributed by atoms with Crippen LogP contribution in [0.2, 0.25) is 0 Å². The van der Waals surface area contributed by atoms with Crippen LogP contribution in [0.3, 0.4) is 0 Å². The molecule has 0 aliphatic heterocycles. The second-order valence-corrected chi connectivity index (χ2v) is 5.37. The summed E-state index contributed by atoms with van der Waals surface area (Å²) in [5.74, 6) is 0.999. The highest BCUT2D eigenvalue weighted by Gasteiger charge is 2.08. The number of halogens is 1. The Bertz CT molecular complexity index is 698. The molecule has 3 rings (SSSR count). The lowest BCUT2D eigenvalue weighted by Gasteiger charge is -2.07. The molecule has 98 valence electrons. The largest absolute Gasteiger partial charge is 0.340 e. The van der Waals surface area contributed by atoms with Gasteiger partial charge in [-0.25, -0.2) is 9.67 Å². The van der Waals surface area contributed by atoms with Gasteiger partial charge in [0.25, 0.3) is 0 Å². The highest BCUT2D eigenvalue weighted by atomic mass is 79.9. The van der Waals surface area contributed by atoms with E-state index in [0.29, 0.717) is 0 Å². The van der Waals surface area contributed by atoms with Crippen molar-refractivity contribution in [2.75, 3.05) is 0 Å². The summed E-state index contributed by atoms with van der Waals surface area (Å²) in [6.45, 7) is 3.81. The maximum absolute atomic E-state index is 4.36. The summed E-state index contributed by atoms with van der Waals surface area (Å²) < 4.78 is 5.30. The lowest BCUT2D eigenvalue weighted by molar-refractivity contribution is 0.557. The van der Waals surface area contributed by atoms with Crippen molar-refractivity contribution in [3.63, 3.8) is 0 Å². The highest BCUT2D eigenvalue weighted by molar-refractivity contribution is 9.10. The SMILES string of the molecule is CCCn1ncnc1Cn1ccc2c(Br)cccc21. The van der Waals surface area contributed by atoms with Gasteiger partial charge in [0.05, 0.1) is 6.54 Å². The lowest BCUT2D eigenvalue weighted by Crippen LogP contribution is -2.09. The molecule has 2 aromatic heterocycles. The van der Waals surface area contributed by atoms with Gasteiger partial charge in [-0.05, 0) is 24.6 Å². The quantitative estimate of drug-likeness (QED) is 0.738. The number of benzene rings is 1. The minimum atomic E-state index is 0.750. The van der Waals surface area contributed by atoms with Crippen LogP contribution < -0.4 is 0 Å². The van der Waals surface area contributed by atoms with Crippen molar-refractivity contribution in [3.8, 4) is 0 Å². The van der Waals surface area contributed by atoms with Crippen LogP contribution >= 0.6 is 15.9 Å². The van der Waals surface area contributed by atoms with E-state index in [4.69, 9.17) is 0 Å². The van der Waals surface area contributed by atoms with Crippen molar-refractivity contribution in [3.05, 3.63) is 47.1 Å². The molecule has 0 N–H and O–H groups in total. The standard InChI is InChI=1S/C14H15BrN4/c1-2-7-19-14(16-10-17-19)9-18-8-6-11-12(15)4-3-5-13(11)18/h3-6,8,10H,2,7,9H2,1H3. The zero-order valence-electron chi connectivity index (χ0n) is 10.8. The van der Waals surface area contributed by atoms with Crippen LogP contribution in [-0.4, -0.2) is 19.3 Å². The van der Waals surface area contributed by atoms with E-state index in [9.17, 15) is 0 Å². The topological polar surface area (TPSA) is 35.6 Å². The van der Waals surface area contributed by atoms with E-state index in [1.807, 2.05) is 4.68 Å². The number of aromatic nitrogens is 4. The van der Waals surface area contributed by atoms with Gasteiger partial charge in [0.2, 0.25) is 0 Å². The Hall–Kier alpha value is -1.62. The molecule has 0 aliphatic carbocycles. The van der Waals surface area contributed by atoms with E-state index in [-0.39, 0.29) is 0 Å². The molecule has 0 saturated heterocycles. The van der Waals surface area contributed by atoms with Crippen molar-refractivity contribution in [1.82, 2.24) is 19.3 Å². The Morgan fingerprint density at radius 1 is 1.26 bits per heavy atom. The Morgan fingerprint density at radius 2 is 2.16 bits per heavy atom. The van der Waals surface area contributed by atoms with E-state index in [1.54, 1.807) is 6.33 Å². The van der Waals surface area contributed by atoms with E-state index >= 15 is 0 Å². The predicted octanol–water partition coefficient (Wildman–Crippen LogP) is 3.45. The Morgan fingerprint density at radius 3 is 3.00 bits per heavy atom. The van der Waals surface area contributed by atoms with E-state index in [2.05, 4.69) is 68.0 Å². The Labute approximate surface area is 120 Å². The predicted molar refractivity (Wildman–Crippen MR) is 79.1 cm³/mol. The zero-order valence-corrected chi connectivity index (χ0v) is 12.3. The van der Waals surface area contributed by atoms with Crippen LogP contribution in [0.5, 0.6) is 0 Å². The van der Waals surface area contributed by atoms with Crippen LogP contribution in [0.25, 0.3) is 10.9 Å². The van der Waals surface area contributed by atoms with Gasteiger partial charge in [0, 0.05) is 28.1 Å². The minimum absolute atomic E-state index is 0.750. The second kappa shape index (κ2) is 5.17. The fourth-order valence-corrected chi connectivity index (χ4v) is 2.77. The first-order valence-electron chi connectivity index (χ1n) is 6.39. The fourth-order valence-electron chi connectivity index (χ4n) is 2.29. The Balaban J connectivity index is 1.97. The third kappa shape index (κ3) is 2.30. The summed E-state index contributed by atoms with van der Waals surface area (Å²) in [4.78, 5) is 4.36. The maximum Gasteiger partial charge on any atom is 0.146 e. The van der Waals surface area contributed by atoms with Gasteiger partial charge >= 0.3 is 0 Å². The van der Waals surface area contributed by atoms with Crippen molar-refractivity contribution in [2.45, 2.75) is 26.4 Å². The van der Waals surface area contributed by atoms with Gasteiger partial charge in [-0.3, -0.25) is 0 Å². The number of hydrogen-bond donors (Lipinski definition) is 0. The Kier molecular flexibility index (Phi) is 3.38. The molecule has 0 atom stereocenters. The first-order valence-corrected chi connectivity index (χ1v) is 7.19. The maximum atomic E-state index is 4.36.